The molecule has 94 valence electrons. The Balaban J connectivity index is 2.02. The Bertz CT molecular complexity index is 544. The summed E-state index contributed by atoms with van der Waals surface area (Å²) in [5.74, 6) is 0.647. The number of hydrogen-bond donors (Lipinski definition) is 2. The van der Waals surface area contributed by atoms with E-state index in [0.717, 1.165) is 11.3 Å². The number of nitrogens with one attached hydrogen (secondary N) is 1. The molecule has 0 fully saturated rings. The second-order valence-corrected chi connectivity index (χ2v) is 4.45. The molecule has 1 aromatic carbocycles. The van der Waals surface area contributed by atoms with Gasteiger partial charge in [0.25, 0.3) is 0 Å². The molecule has 0 saturated carbocycles. The van der Waals surface area contributed by atoms with Gasteiger partial charge in [0.2, 0.25) is 6.39 Å². The molecule has 2 rings (SSSR count). The van der Waals surface area contributed by atoms with E-state index in [1.165, 1.54) is 6.39 Å². The molecule has 0 radical (unpaired) electrons. The van der Waals surface area contributed by atoms with Crippen molar-refractivity contribution in [1.82, 2.24) is 10.1 Å². The average molecular weight is 283 g/mol. The molecule has 0 unspecified atom stereocenters. The molecule has 0 aliphatic rings. The molecule has 0 atom stereocenters. The molecule has 0 aliphatic carbocycles. The van der Waals surface area contributed by atoms with E-state index in [2.05, 4.69) is 20.0 Å². The molecule has 1 heterocycles. The van der Waals surface area contributed by atoms with E-state index in [1.54, 1.807) is 12.1 Å². The summed E-state index contributed by atoms with van der Waals surface area (Å²) in [5.41, 5.74) is 7.21. The third-order valence-electron chi connectivity index (χ3n) is 2.32. The van der Waals surface area contributed by atoms with Gasteiger partial charge in [-0.05, 0) is 18.2 Å². The van der Waals surface area contributed by atoms with Gasteiger partial charge in [-0.3, -0.25) is 0 Å². The van der Waals surface area contributed by atoms with Crippen LogP contribution in [0.15, 0.2) is 29.1 Å². The highest BCUT2D eigenvalue weighted by Crippen LogP contribution is 2.20. The maximum atomic E-state index is 5.90. The fraction of sp³-hybridized carbons (Fsp3) is 0.182. The minimum absolute atomic E-state index is 0.305. The maximum Gasteiger partial charge on any atom is 0.213 e. The predicted octanol–water partition coefficient (Wildman–Crippen LogP) is 2.01. The van der Waals surface area contributed by atoms with Crippen LogP contribution < -0.4 is 11.1 Å². The SMILES string of the molecule is NC(=S)c1cc(Cl)ccc1NCCc1ncon1. The van der Waals surface area contributed by atoms with Crippen molar-refractivity contribution < 1.29 is 4.52 Å². The molecular weight excluding hydrogens is 272 g/mol. The van der Waals surface area contributed by atoms with Crippen molar-refractivity contribution in [3.63, 3.8) is 0 Å². The van der Waals surface area contributed by atoms with Gasteiger partial charge in [0.1, 0.15) is 4.99 Å². The van der Waals surface area contributed by atoms with E-state index in [0.29, 0.717) is 28.8 Å². The molecule has 7 heteroatoms. The van der Waals surface area contributed by atoms with Gasteiger partial charge in [0, 0.05) is 29.2 Å². The first kappa shape index (κ1) is 12.8. The third-order valence-corrected chi connectivity index (χ3v) is 2.77. The third kappa shape index (κ3) is 3.18. The van der Waals surface area contributed by atoms with Crippen LogP contribution in [0, 0.1) is 0 Å². The second-order valence-electron chi connectivity index (χ2n) is 3.58. The van der Waals surface area contributed by atoms with Crippen molar-refractivity contribution in [3.05, 3.63) is 41.0 Å². The van der Waals surface area contributed by atoms with Crippen LogP contribution in [0.3, 0.4) is 0 Å². The lowest BCUT2D eigenvalue weighted by Crippen LogP contribution is -2.14. The summed E-state index contributed by atoms with van der Waals surface area (Å²) < 4.78 is 4.65. The summed E-state index contributed by atoms with van der Waals surface area (Å²) in [6, 6.07) is 5.35. The van der Waals surface area contributed by atoms with Gasteiger partial charge >= 0.3 is 0 Å². The van der Waals surface area contributed by atoms with Gasteiger partial charge in [-0.1, -0.05) is 29.0 Å². The largest absolute Gasteiger partial charge is 0.389 e. The summed E-state index contributed by atoms with van der Waals surface area (Å²) in [6.07, 6.45) is 1.95. The van der Waals surface area contributed by atoms with Crippen LogP contribution in [0.4, 0.5) is 5.69 Å². The van der Waals surface area contributed by atoms with E-state index < -0.39 is 0 Å². The topological polar surface area (TPSA) is 77.0 Å². The minimum atomic E-state index is 0.305. The van der Waals surface area contributed by atoms with Crippen LogP contribution in [0.2, 0.25) is 5.02 Å². The van der Waals surface area contributed by atoms with Crippen molar-refractivity contribution in [2.75, 3.05) is 11.9 Å². The number of benzene rings is 1. The minimum Gasteiger partial charge on any atom is -0.389 e. The van der Waals surface area contributed by atoms with Crippen LogP contribution in [-0.4, -0.2) is 21.7 Å². The zero-order valence-electron chi connectivity index (χ0n) is 9.39. The normalized spacial score (nSPS) is 10.3. The first-order chi connectivity index (χ1) is 8.66. The molecule has 0 spiro atoms. The molecule has 0 aliphatic heterocycles. The average Bonchev–Trinajstić information content (AvgIpc) is 2.84. The quantitative estimate of drug-likeness (QED) is 0.817. The van der Waals surface area contributed by atoms with E-state index in [4.69, 9.17) is 29.6 Å². The van der Waals surface area contributed by atoms with Crippen LogP contribution in [0.25, 0.3) is 0 Å². The van der Waals surface area contributed by atoms with Crippen LogP contribution in [0.1, 0.15) is 11.4 Å². The molecule has 0 amide bonds. The van der Waals surface area contributed by atoms with Gasteiger partial charge in [-0.2, -0.15) is 4.98 Å². The Hall–Kier alpha value is -1.66. The number of halogens is 1. The van der Waals surface area contributed by atoms with Crippen LogP contribution in [0.5, 0.6) is 0 Å². The number of rotatable bonds is 5. The molecule has 18 heavy (non-hydrogen) atoms. The summed E-state index contributed by atoms with van der Waals surface area (Å²) in [7, 11) is 0. The summed E-state index contributed by atoms with van der Waals surface area (Å²) >= 11 is 10.9. The zero-order valence-corrected chi connectivity index (χ0v) is 11.0. The first-order valence-corrected chi connectivity index (χ1v) is 6.04. The van der Waals surface area contributed by atoms with Crippen molar-refractivity contribution in [2.45, 2.75) is 6.42 Å². The van der Waals surface area contributed by atoms with Crippen molar-refractivity contribution in [2.24, 2.45) is 5.73 Å². The van der Waals surface area contributed by atoms with E-state index in [-0.39, 0.29) is 0 Å². The summed E-state index contributed by atoms with van der Waals surface area (Å²) in [6.45, 7) is 0.650. The smallest absolute Gasteiger partial charge is 0.213 e. The maximum absolute atomic E-state index is 5.90. The number of nitrogens with two attached hydrogens (primary N) is 1. The van der Waals surface area contributed by atoms with Crippen molar-refractivity contribution >= 4 is 34.5 Å². The summed E-state index contributed by atoms with van der Waals surface area (Å²) in [4.78, 5) is 4.23. The highest BCUT2D eigenvalue weighted by atomic mass is 35.5. The molecule has 1 aromatic heterocycles. The van der Waals surface area contributed by atoms with Crippen LogP contribution in [-0.2, 0) is 6.42 Å². The number of anilines is 1. The van der Waals surface area contributed by atoms with Crippen molar-refractivity contribution in [3.8, 4) is 0 Å². The fourth-order valence-electron chi connectivity index (χ4n) is 1.49. The predicted molar refractivity (Wildman–Crippen MR) is 73.8 cm³/mol. The number of thiocarbonyl (C=S) groups is 1. The Labute approximate surface area is 114 Å². The zero-order chi connectivity index (χ0) is 13.0. The Morgan fingerprint density at radius 1 is 1.50 bits per heavy atom. The van der Waals surface area contributed by atoms with Gasteiger partial charge < -0.3 is 15.6 Å². The first-order valence-electron chi connectivity index (χ1n) is 5.25. The molecular formula is C11H11ClN4OS. The van der Waals surface area contributed by atoms with E-state index in [9.17, 15) is 0 Å². The number of aromatic nitrogens is 2. The lowest BCUT2D eigenvalue weighted by molar-refractivity contribution is 0.410. The van der Waals surface area contributed by atoms with Gasteiger partial charge in [0.15, 0.2) is 5.82 Å². The Kier molecular flexibility index (Phi) is 4.11. The van der Waals surface area contributed by atoms with E-state index >= 15 is 0 Å². The standard InChI is InChI=1S/C11H11ClN4OS/c12-7-1-2-9(8(5-7)11(13)18)14-4-3-10-15-6-17-16-10/h1-2,5-6,14H,3-4H2,(H2,13,18). The summed E-state index contributed by atoms with van der Waals surface area (Å²) in [5, 5.41) is 7.53. The lowest BCUT2D eigenvalue weighted by atomic mass is 10.1. The Morgan fingerprint density at radius 2 is 2.33 bits per heavy atom. The van der Waals surface area contributed by atoms with Crippen molar-refractivity contribution in [1.29, 1.82) is 0 Å². The molecule has 3 N–H and O–H groups in total. The molecule has 0 bridgehead atoms. The second kappa shape index (κ2) is 5.79. The number of nitrogens with zero attached hydrogens (tertiary/aromatic N) is 2. The van der Waals surface area contributed by atoms with Gasteiger partial charge in [0.05, 0.1) is 0 Å². The molecule has 5 nitrogen and oxygen atoms in total. The fourth-order valence-corrected chi connectivity index (χ4v) is 1.83. The monoisotopic (exact) mass is 282 g/mol. The van der Waals surface area contributed by atoms with Gasteiger partial charge in [-0.25, -0.2) is 0 Å². The highest BCUT2D eigenvalue weighted by molar-refractivity contribution is 7.80. The highest BCUT2D eigenvalue weighted by Gasteiger charge is 2.06. The lowest BCUT2D eigenvalue weighted by Gasteiger charge is -2.10. The van der Waals surface area contributed by atoms with Crippen LogP contribution >= 0.6 is 23.8 Å². The molecule has 0 saturated heterocycles. The Morgan fingerprint density at radius 3 is 3.00 bits per heavy atom. The number of hydrogen-bond acceptors (Lipinski definition) is 5. The van der Waals surface area contributed by atoms with Gasteiger partial charge in [-0.15, -0.1) is 0 Å². The molecule has 2 aromatic rings. The van der Waals surface area contributed by atoms with E-state index in [1.807, 2.05) is 6.07 Å².